The summed E-state index contributed by atoms with van der Waals surface area (Å²) in [5.41, 5.74) is 2.65. The topological polar surface area (TPSA) is 63.7 Å². The molecule has 3 rings (SSSR count). The zero-order valence-electron chi connectivity index (χ0n) is 13.1. The van der Waals surface area contributed by atoms with E-state index in [-0.39, 0.29) is 9.88 Å². The SMILES string of the molecule is CCc1cccc2c1C(=O)N(OS(=O)(=O)c1ccc(C)cc1)C2=S. The number of hydroxylamine groups is 2. The number of fused-ring (bicyclic) bond motifs is 1. The molecule has 1 aliphatic heterocycles. The standard InChI is InChI=1S/C17H15NO4S2/c1-3-12-5-4-6-14-15(12)16(19)18(17(14)23)22-24(20,21)13-9-7-11(2)8-10-13/h4-10H,3H2,1-2H3. The van der Waals surface area contributed by atoms with Gasteiger partial charge in [-0.3, -0.25) is 4.79 Å². The summed E-state index contributed by atoms with van der Waals surface area (Å²) in [5.74, 6) is -0.553. The van der Waals surface area contributed by atoms with E-state index in [9.17, 15) is 13.2 Å². The van der Waals surface area contributed by atoms with Crippen molar-refractivity contribution in [3.8, 4) is 0 Å². The van der Waals surface area contributed by atoms with E-state index < -0.39 is 16.0 Å². The van der Waals surface area contributed by atoms with Crippen molar-refractivity contribution >= 4 is 33.2 Å². The summed E-state index contributed by atoms with van der Waals surface area (Å²) in [5, 5.41) is 0.689. The van der Waals surface area contributed by atoms with Crippen LogP contribution in [0.15, 0.2) is 47.4 Å². The van der Waals surface area contributed by atoms with E-state index in [0.717, 1.165) is 11.1 Å². The lowest BCUT2D eigenvalue weighted by molar-refractivity contribution is 0.0256. The molecule has 0 radical (unpaired) electrons. The molecule has 0 N–H and O–H groups in total. The number of thiocarbonyl (C=S) groups is 1. The lowest BCUT2D eigenvalue weighted by Crippen LogP contribution is -2.32. The molecule has 0 aromatic heterocycles. The van der Waals surface area contributed by atoms with Gasteiger partial charge >= 0.3 is 10.1 Å². The maximum atomic E-state index is 12.6. The van der Waals surface area contributed by atoms with Crippen LogP contribution in [-0.4, -0.2) is 24.4 Å². The minimum Gasteiger partial charge on any atom is -0.266 e. The van der Waals surface area contributed by atoms with Gasteiger partial charge in [-0.05, 0) is 31.0 Å². The number of carbonyl (C=O) groups is 1. The van der Waals surface area contributed by atoms with Crippen LogP contribution in [0.25, 0.3) is 0 Å². The normalized spacial score (nSPS) is 14.2. The Morgan fingerprint density at radius 2 is 1.79 bits per heavy atom. The van der Waals surface area contributed by atoms with Crippen LogP contribution >= 0.6 is 12.2 Å². The predicted molar refractivity (Wildman–Crippen MR) is 93.1 cm³/mol. The highest BCUT2D eigenvalue weighted by Crippen LogP contribution is 2.29. The van der Waals surface area contributed by atoms with Gasteiger partial charge in [0.15, 0.2) is 0 Å². The molecule has 2 aromatic rings. The molecule has 0 spiro atoms. The molecule has 0 aliphatic carbocycles. The largest absolute Gasteiger partial charge is 0.318 e. The van der Waals surface area contributed by atoms with E-state index >= 15 is 0 Å². The molecule has 0 saturated heterocycles. The van der Waals surface area contributed by atoms with Gasteiger partial charge in [-0.15, -0.1) is 4.28 Å². The summed E-state index contributed by atoms with van der Waals surface area (Å²) in [7, 11) is -4.15. The number of hydrogen-bond donors (Lipinski definition) is 0. The second-order valence-electron chi connectivity index (χ2n) is 5.44. The fourth-order valence-electron chi connectivity index (χ4n) is 2.54. The van der Waals surface area contributed by atoms with E-state index in [2.05, 4.69) is 0 Å². The molecule has 7 heteroatoms. The molecule has 2 aromatic carbocycles. The van der Waals surface area contributed by atoms with Gasteiger partial charge in [0.2, 0.25) is 0 Å². The third-order valence-electron chi connectivity index (χ3n) is 3.83. The quantitative estimate of drug-likeness (QED) is 0.784. The molecule has 124 valence electrons. The molecule has 0 unspecified atom stereocenters. The molecule has 1 aliphatic rings. The van der Waals surface area contributed by atoms with Crippen molar-refractivity contribution in [2.75, 3.05) is 0 Å². The van der Waals surface area contributed by atoms with Crippen LogP contribution in [0.5, 0.6) is 0 Å². The maximum absolute atomic E-state index is 12.6. The first-order valence-electron chi connectivity index (χ1n) is 7.37. The summed E-state index contributed by atoms with van der Waals surface area (Å²) in [6, 6.07) is 11.5. The minimum absolute atomic E-state index is 0.0321. The van der Waals surface area contributed by atoms with Crippen molar-refractivity contribution in [1.82, 2.24) is 5.06 Å². The maximum Gasteiger partial charge on any atom is 0.318 e. The van der Waals surface area contributed by atoms with Gasteiger partial charge in [-0.2, -0.15) is 13.5 Å². The van der Waals surface area contributed by atoms with Gasteiger partial charge in [0, 0.05) is 5.56 Å². The van der Waals surface area contributed by atoms with Crippen LogP contribution in [0.1, 0.15) is 34.0 Å². The van der Waals surface area contributed by atoms with Crippen molar-refractivity contribution in [1.29, 1.82) is 0 Å². The average Bonchev–Trinajstić information content (AvgIpc) is 2.80. The van der Waals surface area contributed by atoms with Gasteiger partial charge < -0.3 is 0 Å². The smallest absolute Gasteiger partial charge is 0.266 e. The average molecular weight is 361 g/mol. The summed E-state index contributed by atoms with van der Waals surface area (Å²) in [6.07, 6.45) is 0.635. The monoisotopic (exact) mass is 361 g/mol. The molecule has 0 bridgehead atoms. The van der Waals surface area contributed by atoms with E-state index in [4.69, 9.17) is 16.5 Å². The highest BCUT2D eigenvalue weighted by molar-refractivity contribution is 7.86. The number of rotatable bonds is 4. The molecular weight excluding hydrogens is 346 g/mol. The van der Waals surface area contributed by atoms with Crippen LogP contribution in [0, 0.1) is 6.92 Å². The number of amides is 1. The van der Waals surface area contributed by atoms with Gasteiger partial charge in [0.25, 0.3) is 5.91 Å². The van der Waals surface area contributed by atoms with Gasteiger partial charge in [0.1, 0.15) is 4.99 Å². The van der Waals surface area contributed by atoms with Crippen LogP contribution < -0.4 is 0 Å². The number of carbonyl (C=O) groups excluding carboxylic acids is 1. The minimum atomic E-state index is -4.15. The number of hydrogen-bond acceptors (Lipinski definition) is 5. The Bertz CT molecular complexity index is 934. The van der Waals surface area contributed by atoms with Crippen LogP contribution in [0.4, 0.5) is 0 Å². The summed E-state index contributed by atoms with van der Waals surface area (Å²) in [4.78, 5) is 12.6. The fourth-order valence-corrected chi connectivity index (χ4v) is 3.77. The van der Waals surface area contributed by atoms with Gasteiger partial charge in [0.05, 0.1) is 10.5 Å². The Morgan fingerprint density at radius 3 is 2.42 bits per heavy atom. The Balaban J connectivity index is 1.96. The molecule has 1 heterocycles. The number of benzene rings is 2. The van der Waals surface area contributed by atoms with E-state index in [1.54, 1.807) is 24.3 Å². The van der Waals surface area contributed by atoms with Crippen molar-refractivity contribution in [3.63, 3.8) is 0 Å². The Hall–Kier alpha value is -2.09. The number of nitrogens with zero attached hydrogens (tertiary/aromatic N) is 1. The predicted octanol–water partition coefficient (Wildman–Crippen LogP) is 3.01. The third kappa shape index (κ3) is 2.75. The van der Waals surface area contributed by atoms with E-state index in [0.29, 0.717) is 22.6 Å². The third-order valence-corrected chi connectivity index (χ3v) is 5.41. The van der Waals surface area contributed by atoms with Crippen LogP contribution in [0.3, 0.4) is 0 Å². The Labute approximate surface area is 145 Å². The first-order valence-corrected chi connectivity index (χ1v) is 9.18. The molecule has 0 atom stereocenters. The van der Waals surface area contributed by atoms with Crippen molar-refractivity contribution in [3.05, 3.63) is 64.7 Å². The van der Waals surface area contributed by atoms with E-state index in [1.807, 2.05) is 19.9 Å². The van der Waals surface area contributed by atoms with E-state index in [1.165, 1.54) is 12.1 Å². The fraction of sp³-hybridized carbons (Fsp3) is 0.176. The molecule has 24 heavy (non-hydrogen) atoms. The van der Waals surface area contributed by atoms with Crippen molar-refractivity contribution < 1.29 is 17.5 Å². The Morgan fingerprint density at radius 1 is 1.12 bits per heavy atom. The lowest BCUT2D eigenvalue weighted by Gasteiger charge is -2.15. The van der Waals surface area contributed by atoms with Crippen molar-refractivity contribution in [2.45, 2.75) is 25.2 Å². The molecular formula is C17H15NO4S2. The number of aryl methyl sites for hydroxylation is 2. The molecule has 0 fully saturated rings. The van der Waals surface area contributed by atoms with Gasteiger partial charge in [-0.25, -0.2) is 0 Å². The summed E-state index contributed by atoms with van der Waals surface area (Å²) in [6.45, 7) is 3.76. The Kier molecular flexibility index (Phi) is 4.25. The summed E-state index contributed by atoms with van der Waals surface area (Å²) < 4.78 is 29.9. The van der Waals surface area contributed by atoms with Gasteiger partial charge in [-0.1, -0.05) is 55.0 Å². The highest BCUT2D eigenvalue weighted by Gasteiger charge is 2.38. The first kappa shape index (κ1) is 16.8. The lowest BCUT2D eigenvalue weighted by atomic mass is 10.0. The van der Waals surface area contributed by atoms with Crippen molar-refractivity contribution in [2.24, 2.45) is 0 Å². The zero-order valence-corrected chi connectivity index (χ0v) is 14.8. The molecule has 5 nitrogen and oxygen atoms in total. The molecule has 0 saturated carbocycles. The second kappa shape index (κ2) is 6.08. The molecule has 1 amide bonds. The summed E-state index contributed by atoms with van der Waals surface area (Å²) >= 11 is 5.23. The van der Waals surface area contributed by atoms with Crippen LogP contribution in [0.2, 0.25) is 0 Å². The second-order valence-corrected chi connectivity index (χ2v) is 7.36. The highest BCUT2D eigenvalue weighted by atomic mass is 32.2. The first-order chi connectivity index (χ1) is 11.3. The van der Waals surface area contributed by atoms with Crippen LogP contribution in [-0.2, 0) is 20.8 Å². The zero-order chi connectivity index (χ0) is 17.5.